The maximum atomic E-state index is 11.2. The van der Waals surface area contributed by atoms with Crippen LogP contribution in [-0.4, -0.2) is 18.2 Å². The fraction of sp³-hybridized carbons (Fsp3) is 0.909. The van der Waals surface area contributed by atoms with Crippen molar-refractivity contribution in [2.24, 2.45) is 0 Å². The highest BCUT2D eigenvalue weighted by molar-refractivity contribution is 5.68. The number of amides is 1. The SMILES string of the molecule is CCCCC(C)(C)NC(=O)OCCC. The van der Waals surface area contributed by atoms with E-state index in [1.54, 1.807) is 0 Å². The number of ether oxygens (including phenoxy) is 1. The van der Waals surface area contributed by atoms with Gasteiger partial charge in [0.2, 0.25) is 0 Å². The van der Waals surface area contributed by atoms with Gasteiger partial charge in [0.05, 0.1) is 6.61 Å². The molecule has 0 aliphatic rings. The molecule has 1 N–H and O–H groups in total. The highest BCUT2D eigenvalue weighted by atomic mass is 16.5. The Kier molecular flexibility index (Phi) is 6.34. The van der Waals surface area contributed by atoms with Crippen molar-refractivity contribution in [2.45, 2.75) is 58.9 Å². The summed E-state index contributed by atoms with van der Waals surface area (Å²) in [4.78, 5) is 11.2. The minimum Gasteiger partial charge on any atom is -0.450 e. The average molecular weight is 201 g/mol. The molecule has 0 aromatic heterocycles. The van der Waals surface area contributed by atoms with Gasteiger partial charge in [-0.25, -0.2) is 4.79 Å². The van der Waals surface area contributed by atoms with Gasteiger partial charge in [0.25, 0.3) is 0 Å². The molecule has 0 aromatic carbocycles. The molecule has 0 heterocycles. The molecule has 14 heavy (non-hydrogen) atoms. The van der Waals surface area contributed by atoms with Gasteiger partial charge in [0.1, 0.15) is 0 Å². The number of alkyl carbamates (subject to hydrolysis) is 1. The van der Waals surface area contributed by atoms with Crippen molar-refractivity contribution in [1.82, 2.24) is 5.32 Å². The molecule has 1 amide bonds. The Balaban J connectivity index is 3.76. The highest BCUT2D eigenvalue weighted by Gasteiger charge is 2.19. The predicted molar refractivity (Wildman–Crippen MR) is 58.4 cm³/mol. The second kappa shape index (κ2) is 6.68. The summed E-state index contributed by atoms with van der Waals surface area (Å²) in [6.07, 6.45) is 3.83. The third kappa shape index (κ3) is 6.75. The summed E-state index contributed by atoms with van der Waals surface area (Å²) < 4.78 is 4.96. The van der Waals surface area contributed by atoms with Crippen LogP contribution in [0.15, 0.2) is 0 Å². The summed E-state index contributed by atoms with van der Waals surface area (Å²) in [5.41, 5.74) is -0.152. The van der Waals surface area contributed by atoms with Crippen LogP contribution in [0.5, 0.6) is 0 Å². The second-order valence-electron chi connectivity index (χ2n) is 4.25. The van der Waals surface area contributed by atoms with Gasteiger partial charge in [0.15, 0.2) is 0 Å². The van der Waals surface area contributed by atoms with E-state index in [0.29, 0.717) is 6.61 Å². The van der Waals surface area contributed by atoms with Gasteiger partial charge in [-0.3, -0.25) is 0 Å². The van der Waals surface area contributed by atoms with Crippen LogP contribution in [0.2, 0.25) is 0 Å². The van der Waals surface area contributed by atoms with E-state index >= 15 is 0 Å². The van der Waals surface area contributed by atoms with E-state index in [9.17, 15) is 4.79 Å². The van der Waals surface area contributed by atoms with E-state index in [1.807, 2.05) is 20.8 Å². The molecule has 0 fully saturated rings. The molecule has 0 aliphatic carbocycles. The Morgan fingerprint density at radius 2 is 1.93 bits per heavy atom. The van der Waals surface area contributed by atoms with E-state index in [2.05, 4.69) is 12.2 Å². The molecule has 0 saturated carbocycles. The smallest absolute Gasteiger partial charge is 0.407 e. The fourth-order valence-corrected chi connectivity index (χ4v) is 1.19. The minimum atomic E-state index is -0.298. The summed E-state index contributed by atoms with van der Waals surface area (Å²) in [5.74, 6) is 0. The van der Waals surface area contributed by atoms with Gasteiger partial charge >= 0.3 is 6.09 Å². The fourth-order valence-electron chi connectivity index (χ4n) is 1.19. The minimum absolute atomic E-state index is 0.152. The molecule has 0 rings (SSSR count). The lowest BCUT2D eigenvalue weighted by atomic mass is 9.98. The number of hydrogen-bond acceptors (Lipinski definition) is 2. The zero-order chi connectivity index (χ0) is 11.0. The second-order valence-corrected chi connectivity index (χ2v) is 4.25. The molecule has 0 aliphatic heterocycles. The molecule has 0 atom stereocenters. The van der Waals surface area contributed by atoms with Gasteiger partial charge in [-0.05, 0) is 26.7 Å². The van der Waals surface area contributed by atoms with E-state index in [-0.39, 0.29) is 11.6 Å². The predicted octanol–water partition coefficient (Wildman–Crippen LogP) is 3.09. The summed E-state index contributed by atoms with van der Waals surface area (Å²) in [7, 11) is 0. The van der Waals surface area contributed by atoms with Crippen LogP contribution in [0.25, 0.3) is 0 Å². The molecule has 0 aromatic rings. The standard InChI is InChI=1S/C11H23NO2/c1-5-7-8-11(3,4)12-10(13)14-9-6-2/h5-9H2,1-4H3,(H,12,13). The van der Waals surface area contributed by atoms with Gasteiger partial charge in [-0.2, -0.15) is 0 Å². The number of carbonyl (C=O) groups is 1. The van der Waals surface area contributed by atoms with Crippen molar-refractivity contribution >= 4 is 6.09 Å². The Labute approximate surface area is 87.2 Å². The number of carbonyl (C=O) groups excluding carboxylic acids is 1. The third-order valence-corrected chi connectivity index (χ3v) is 2.03. The summed E-state index contributed by atoms with van der Waals surface area (Å²) in [5, 5.41) is 2.86. The molecule has 84 valence electrons. The number of nitrogens with one attached hydrogen (secondary N) is 1. The van der Waals surface area contributed by atoms with Crippen molar-refractivity contribution in [3.8, 4) is 0 Å². The lowest BCUT2D eigenvalue weighted by Crippen LogP contribution is -2.43. The molecule has 0 unspecified atom stereocenters. The average Bonchev–Trinajstić information content (AvgIpc) is 2.11. The molecule has 3 heteroatoms. The maximum Gasteiger partial charge on any atom is 0.407 e. The van der Waals surface area contributed by atoms with Crippen LogP contribution in [0.3, 0.4) is 0 Å². The molecular weight excluding hydrogens is 178 g/mol. The molecule has 3 nitrogen and oxygen atoms in total. The van der Waals surface area contributed by atoms with Gasteiger partial charge < -0.3 is 10.1 Å². The topological polar surface area (TPSA) is 38.3 Å². The van der Waals surface area contributed by atoms with Crippen molar-refractivity contribution in [3.05, 3.63) is 0 Å². The summed E-state index contributed by atoms with van der Waals surface area (Å²) >= 11 is 0. The first-order valence-electron chi connectivity index (χ1n) is 5.46. The largest absolute Gasteiger partial charge is 0.450 e. The number of hydrogen-bond donors (Lipinski definition) is 1. The lowest BCUT2D eigenvalue weighted by molar-refractivity contribution is 0.134. The van der Waals surface area contributed by atoms with Crippen molar-refractivity contribution < 1.29 is 9.53 Å². The maximum absolute atomic E-state index is 11.2. The third-order valence-electron chi connectivity index (χ3n) is 2.03. The van der Waals surface area contributed by atoms with Crippen molar-refractivity contribution in [1.29, 1.82) is 0 Å². The first kappa shape index (κ1) is 13.3. The van der Waals surface area contributed by atoms with Gasteiger partial charge in [-0.1, -0.05) is 26.7 Å². The molecular formula is C11H23NO2. The summed E-state index contributed by atoms with van der Waals surface area (Å²) in [6, 6.07) is 0. The van der Waals surface area contributed by atoms with Crippen molar-refractivity contribution in [2.75, 3.05) is 6.61 Å². The Bertz CT molecular complexity index is 167. The van der Waals surface area contributed by atoms with Gasteiger partial charge in [-0.15, -0.1) is 0 Å². The van der Waals surface area contributed by atoms with Crippen LogP contribution in [-0.2, 0) is 4.74 Å². The highest BCUT2D eigenvalue weighted by Crippen LogP contribution is 2.12. The van der Waals surface area contributed by atoms with E-state index in [1.165, 1.54) is 0 Å². The first-order chi connectivity index (χ1) is 6.52. The Morgan fingerprint density at radius 1 is 1.29 bits per heavy atom. The van der Waals surface area contributed by atoms with E-state index in [0.717, 1.165) is 25.7 Å². The molecule has 0 bridgehead atoms. The van der Waals surface area contributed by atoms with Crippen LogP contribution in [0.4, 0.5) is 4.79 Å². The molecule has 0 radical (unpaired) electrons. The van der Waals surface area contributed by atoms with Crippen LogP contribution in [0, 0.1) is 0 Å². The Morgan fingerprint density at radius 3 is 2.43 bits per heavy atom. The normalized spacial score (nSPS) is 11.1. The summed E-state index contributed by atoms with van der Waals surface area (Å²) in [6.45, 7) is 8.67. The number of unbranched alkanes of at least 4 members (excludes halogenated alkanes) is 1. The zero-order valence-corrected chi connectivity index (χ0v) is 9.85. The monoisotopic (exact) mass is 201 g/mol. The number of rotatable bonds is 6. The Hall–Kier alpha value is -0.730. The van der Waals surface area contributed by atoms with Crippen LogP contribution in [0.1, 0.15) is 53.4 Å². The molecule has 0 spiro atoms. The van der Waals surface area contributed by atoms with E-state index < -0.39 is 0 Å². The van der Waals surface area contributed by atoms with Gasteiger partial charge in [0, 0.05) is 5.54 Å². The van der Waals surface area contributed by atoms with E-state index in [4.69, 9.17) is 4.74 Å². The van der Waals surface area contributed by atoms with Crippen LogP contribution < -0.4 is 5.32 Å². The lowest BCUT2D eigenvalue weighted by Gasteiger charge is -2.25. The zero-order valence-electron chi connectivity index (χ0n) is 9.85. The van der Waals surface area contributed by atoms with Crippen molar-refractivity contribution in [3.63, 3.8) is 0 Å². The first-order valence-corrected chi connectivity index (χ1v) is 5.46. The van der Waals surface area contributed by atoms with Crippen LogP contribution >= 0.6 is 0 Å². The molecule has 0 saturated heterocycles. The quantitative estimate of drug-likeness (QED) is 0.717.